The predicted octanol–water partition coefficient (Wildman–Crippen LogP) is 4.61. The summed E-state index contributed by atoms with van der Waals surface area (Å²) in [6.45, 7) is 2.17. The van der Waals surface area contributed by atoms with Crippen LogP contribution >= 0.6 is 0 Å². The van der Waals surface area contributed by atoms with Gasteiger partial charge in [-0.1, -0.05) is 44.2 Å². The van der Waals surface area contributed by atoms with Gasteiger partial charge in [-0.25, -0.2) is 8.78 Å². The number of hydrogen-bond donors (Lipinski definition) is 3. The molecule has 2 aromatic rings. The highest BCUT2D eigenvalue weighted by molar-refractivity contribution is 5.73. The zero-order valence-corrected chi connectivity index (χ0v) is 20.4. The molecule has 5 nitrogen and oxygen atoms in total. The molecular weight excluding hydrogens is 450 g/mol. The van der Waals surface area contributed by atoms with Crippen LogP contribution < -0.4 is 15.4 Å². The summed E-state index contributed by atoms with van der Waals surface area (Å²) in [5.74, 6) is -0.0707. The topological polar surface area (TPSA) is 70.6 Å². The van der Waals surface area contributed by atoms with Crippen molar-refractivity contribution in [1.82, 2.24) is 10.6 Å². The van der Waals surface area contributed by atoms with E-state index in [4.69, 9.17) is 4.74 Å². The van der Waals surface area contributed by atoms with Crippen molar-refractivity contribution in [3.8, 4) is 5.75 Å². The normalized spacial score (nSPS) is 19.9. The third kappa shape index (κ3) is 7.24. The Morgan fingerprint density at radius 1 is 1.06 bits per heavy atom. The van der Waals surface area contributed by atoms with Gasteiger partial charge in [0.2, 0.25) is 5.91 Å². The molecule has 1 saturated carbocycles. The van der Waals surface area contributed by atoms with Gasteiger partial charge in [0, 0.05) is 37.6 Å². The minimum atomic E-state index is -0.943. The highest BCUT2D eigenvalue weighted by Gasteiger charge is 2.26. The molecule has 190 valence electrons. The van der Waals surface area contributed by atoms with Crippen LogP contribution in [-0.2, 0) is 17.6 Å². The maximum Gasteiger partial charge on any atom is 0.217 e. The summed E-state index contributed by atoms with van der Waals surface area (Å²) in [4.78, 5) is 11.7. The number of aliphatic hydroxyl groups is 1. The molecule has 3 atom stereocenters. The number of nitrogens with one attached hydrogen (secondary N) is 2. The average Bonchev–Trinajstić information content (AvgIpc) is 2.82. The molecule has 0 spiro atoms. The lowest BCUT2D eigenvalue weighted by atomic mass is 9.84. The van der Waals surface area contributed by atoms with Crippen LogP contribution in [0.4, 0.5) is 8.78 Å². The van der Waals surface area contributed by atoms with Gasteiger partial charge in [-0.2, -0.15) is 0 Å². The number of fused-ring (bicyclic) bond motifs is 1. The first-order chi connectivity index (χ1) is 16.9. The SMILES string of the molecule is CC(=O)NC(Cc1cc(F)cc(F)c1)C(O)CNC1CCOc2ccc(CC3CCCCC3)cc21. The van der Waals surface area contributed by atoms with Gasteiger partial charge in [0.15, 0.2) is 0 Å². The molecule has 1 fully saturated rings. The number of carbonyl (C=O) groups is 1. The van der Waals surface area contributed by atoms with Crippen molar-refractivity contribution in [3.63, 3.8) is 0 Å². The number of benzene rings is 2. The molecule has 1 aliphatic heterocycles. The molecule has 1 aliphatic carbocycles. The molecule has 2 aliphatic rings. The van der Waals surface area contributed by atoms with E-state index in [0.717, 1.165) is 36.1 Å². The number of carbonyl (C=O) groups excluding carboxylic acids is 1. The van der Waals surface area contributed by atoms with Crippen molar-refractivity contribution in [3.05, 3.63) is 64.7 Å². The number of halogens is 2. The molecule has 3 unspecified atom stereocenters. The van der Waals surface area contributed by atoms with Crippen molar-refractivity contribution in [2.45, 2.75) is 76.5 Å². The fraction of sp³-hybridized carbons (Fsp3) is 0.536. The van der Waals surface area contributed by atoms with E-state index in [2.05, 4.69) is 28.8 Å². The van der Waals surface area contributed by atoms with Crippen LogP contribution in [0, 0.1) is 17.6 Å². The Labute approximate surface area is 206 Å². The number of ether oxygens (including phenoxy) is 1. The number of amides is 1. The highest BCUT2D eigenvalue weighted by Crippen LogP contribution is 2.34. The van der Waals surface area contributed by atoms with Crippen LogP contribution in [-0.4, -0.2) is 36.3 Å². The van der Waals surface area contributed by atoms with E-state index < -0.39 is 23.8 Å². The fourth-order valence-electron chi connectivity index (χ4n) is 5.44. The lowest BCUT2D eigenvalue weighted by Crippen LogP contribution is -2.48. The van der Waals surface area contributed by atoms with Gasteiger partial charge in [-0.05, 0) is 48.1 Å². The van der Waals surface area contributed by atoms with E-state index in [1.165, 1.54) is 56.7 Å². The van der Waals surface area contributed by atoms with Gasteiger partial charge < -0.3 is 20.5 Å². The number of hydrogen-bond acceptors (Lipinski definition) is 4. The van der Waals surface area contributed by atoms with Crippen LogP contribution in [0.1, 0.15) is 68.2 Å². The first-order valence-electron chi connectivity index (χ1n) is 12.8. The van der Waals surface area contributed by atoms with E-state index in [-0.39, 0.29) is 24.9 Å². The molecular formula is C28H36F2N2O3. The Balaban J connectivity index is 1.41. The van der Waals surface area contributed by atoms with E-state index in [9.17, 15) is 18.7 Å². The second kappa shape index (κ2) is 12.0. The highest BCUT2D eigenvalue weighted by atomic mass is 19.1. The Morgan fingerprint density at radius 2 is 1.80 bits per heavy atom. The second-order valence-corrected chi connectivity index (χ2v) is 10.0. The van der Waals surface area contributed by atoms with Crippen molar-refractivity contribution in [2.24, 2.45) is 5.92 Å². The van der Waals surface area contributed by atoms with Crippen LogP contribution in [0.2, 0.25) is 0 Å². The van der Waals surface area contributed by atoms with Crippen LogP contribution in [0.3, 0.4) is 0 Å². The molecule has 7 heteroatoms. The zero-order valence-electron chi connectivity index (χ0n) is 20.4. The average molecular weight is 487 g/mol. The molecule has 0 radical (unpaired) electrons. The Hall–Kier alpha value is -2.51. The molecule has 0 bridgehead atoms. The first-order valence-corrected chi connectivity index (χ1v) is 12.8. The smallest absolute Gasteiger partial charge is 0.217 e. The Bertz CT molecular complexity index is 989. The Kier molecular flexibility index (Phi) is 8.74. The van der Waals surface area contributed by atoms with Crippen molar-refractivity contribution >= 4 is 5.91 Å². The lowest BCUT2D eigenvalue weighted by Gasteiger charge is -2.30. The molecule has 2 aromatic carbocycles. The maximum atomic E-state index is 13.6. The number of rotatable bonds is 9. The summed E-state index contributed by atoms with van der Waals surface area (Å²) < 4.78 is 33.2. The molecule has 3 N–H and O–H groups in total. The number of aliphatic hydroxyl groups excluding tert-OH is 1. The maximum absolute atomic E-state index is 13.6. The van der Waals surface area contributed by atoms with Gasteiger partial charge in [-0.3, -0.25) is 4.79 Å². The summed E-state index contributed by atoms with van der Waals surface area (Å²) in [7, 11) is 0. The third-order valence-electron chi connectivity index (χ3n) is 7.17. The molecule has 35 heavy (non-hydrogen) atoms. The van der Waals surface area contributed by atoms with Gasteiger partial charge in [0.25, 0.3) is 0 Å². The predicted molar refractivity (Wildman–Crippen MR) is 131 cm³/mol. The summed E-state index contributed by atoms with van der Waals surface area (Å²) in [5.41, 5.74) is 2.79. The van der Waals surface area contributed by atoms with Crippen LogP contribution in [0.15, 0.2) is 36.4 Å². The standard InChI is InChI=1S/C28H36F2N2O3/c1-18(33)32-26(15-21-12-22(29)16-23(30)13-21)27(34)17-31-25-9-10-35-28-8-7-20(14-24(25)28)11-19-5-3-2-4-6-19/h7-8,12-14,16,19,25-27,31,34H,2-6,9-11,15,17H2,1H3,(H,32,33). The van der Waals surface area contributed by atoms with E-state index in [1.54, 1.807) is 0 Å². The van der Waals surface area contributed by atoms with Crippen LogP contribution in [0.25, 0.3) is 0 Å². The van der Waals surface area contributed by atoms with Crippen LogP contribution in [0.5, 0.6) is 5.75 Å². The van der Waals surface area contributed by atoms with Crippen molar-refractivity contribution < 1.29 is 23.4 Å². The minimum Gasteiger partial charge on any atom is -0.493 e. The van der Waals surface area contributed by atoms with Crippen molar-refractivity contribution in [2.75, 3.05) is 13.2 Å². The minimum absolute atomic E-state index is 0.0179. The first kappa shape index (κ1) is 25.6. The largest absolute Gasteiger partial charge is 0.493 e. The second-order valence-electron chi connectivity index (χ2n) is 10.0. The van der Waals surface area contributed by atoms with E-state index >= 15 is 0 Å². The quantitative estimate of drug-likeness (QED) is 0.484. The summed E-state index contributed by atoms with van der Waals surface area (Å²) in [6.07, 6.45) is 7.59. The molecule has 1 heterocycles. The van der Waals surface area contributed by atoms with Gasteiger partial charge >= 0.3 is 0 Å². The van der Waals surface area contributed by atoms with E-state index in [0.29, 0.717) is 12.2 Å². The lowest BCUT2D eigenvalue weighted by molar-refractivity contribution is -0.120. The van der Waals surface area contributed by atoms with Gasteiger partial charge in [0.1, 0.15) is 17.4 Å². The molecule has 4 rings (SSSR count). The fourth-order valence-corrected chi connectivity index (χ4v) is 5.44. The third-order valence-corrected chi connectivity index (χ3v) is 7.17. The molecule has 0 aromatic heterocycles. The van der Waals surface area contributed by atoms with Crippen molar-refractivity contribution in [1.29, 1.82) is 0 Å². The van der Waals surface area contributed by atoms with Gasteiger partial charge in [-0.15, -0.1) is 0 Å². The molecule has 1 amide bonds. The van der Waals surface area contributed by atoms with Gasteiger partial charge in [0.05, 0.1) is 18.8 Å². The zero-order chi connectivity index (χ0) is 24.8. The summed E-state index contributed by atoms with van der Waals surface area (Å²) >= 11 is 0. The monoisotopic (exact) mass is 486 g/mol. The summed E-state index contributed by atoms with van der Waals surface area (Å²) in [6, 6.07) is 9.03. The van der Waals surface area contributed by atoms with E-state index in [1.807, 2.05) is 0 Å². The molecule has 0 saturated heterocycles. The summed E-state index contributed by atoms with van der Waals surface area (Å²) in [5, 5.41) is 17.1. The Morgan fingerprint density at radius 3 is 2.51 bits per heavy atom.